The number of carboxylic acid groups (broad SMARTS) is 1. The smallest absolute Gasteiger partial charge is 0.305 e. The third-order valence-electron chi connectivity index (χ3n) is 7.92. The van der Waals surface area contributed by atoms with E-state index in [4.69, 9.17) is 4.74 Å². The van der Waals surface area contributed by atoms with Gasteiger partial charge in [0.25, 0.3) is 5.91 Å². The molecule has 46 heavy (non-hydrogen) atoms. The van der Waals surface area contributed by atoms with Crippen molar-refractivity contribution in [2.75, 3.05) is 6.54 Å². The van der Waals surface area contributed by atoms with Gasteiger partial charge in [-0.25, -0.2) is 0 Å². The number of ether oxygens (including phenoxy) is 1. The molecular weight excluding hydrogens is 572 g/mol. The summed E-state index contributed by atoms with van der Waals surface area (Å²) in [5.74, 6) is 0.128. The largest absolute Gasteiger partial charge is 0.481 e. The second kappa shape index (κ2) is 13.2. The summed E-state index contributed by atoms with van der Waals surface area (Å²) in [5, 5.41) is 11.6. The quantitative estimate of drug-likeness (QED) is 0.179. The first-order valence-electron chi connectivity index (χ1n) is 15.6. The average molecular weight is 615 g/mol. The molecule has 6 nitrogen and oxygen atoms in total. The molecule has 0 aliphatic rings. The highest BCUT2D eigenvalue weighted by Crippen LogP contribution is 2.33. The molecule has 0 radical (unpaired) electrons. The molecule has 6 heteroatoms. The van der Waals surface area contributed by atoms with Gasteiger partial charge < -0.3 is 14.7 Å². The first kappa shape index (κ1) is 32.4. The molecule has 1 amide bonds. The number of nitrogens with zero attached hydrogens (tertiary/aromatic N) is 2. The van der Waals surface area contributed by atoms with E-state index in [0.717, 1.165) is 33.2 Å². The summed E-state index contributed by atoms with van der Waals surface area (Å²) < 4.78 is 6.12. The summed E-state index contributed by atoms with van der Waals surface area (Å²) in [6, 6.07) is 32.7. The van der Waals surface area contributed by atoms with Crippen LogP contribution in [0.2, 0.25) is 0 Å². The maximum atomic E-state index is 14.2. The fourth-order valence-electron chi connectivity index (χ4n) is 5.54. The van der Waals surface area contributed by atoms with Crippen molar-refractivity contribution in [2.45, 2.75) is 59.4 Å². The van der Waals surface area contributed by atoms with Gasteiger partial charge in [-0.15, -0.1) is 0 Å². The zero-order valence-electron chi connectivity index (χ0n) is 27.5. The van der Waals surface area contributed by atoms with Gasteiger partial charge in [0, 0.05) is 18.1 Å². The zero-order chi connectivity index (χ0) is 33.1. The Hall–Kier alpha value is -4.97. The van der Waals surface area contributed by atoms with Crippen LogP contribution in [0.3, 0.4) is 0 Å². The van der Waals surface area contributed by atoms with Crippen LogP contribution in [0.15, 0.2) is 109 Å². The molecule has 1 unspecified atom stereocenters. The number of pyridine rings is 1. The number of amides is 1. The summed E-state index contributed by atoms with van der Waals surface area (Å²) in [7, 11) is 0. The molecule has 0 bridgehead atoms. The van der Waals surface area contributed by atoms with E-state index < -0.39 is 12.0 Å². The Morgan fingerprint density at radius 3 is 2.00 bits per heavy atom. The van der Waals surface area contributed by atoms with E-state index >= 15 is 0 Å². The number of aliphatic carboxylic acids is 1. The lowest BCUT2D eigenvalue weighted by Crippen LogP contribution is -2.41. The Morgan fingerprint density at radius 1 is 0.761 bits per heavy atom. The molecule has 1 heterocycles. The van der Waals surface area contributed by atoms with Crippen LogP contribution >= 0.6 is 0 Å². The van der Waals surface area contributed by atoms with Crippen molar-refractivity contribution in [3.05, 3.63) is 126 Å². The maximum absolute atomic E-state index is 14.2. The molecule has 0 saturated carbocycles. The Labute approximate surface area is 271 Å². The number of rotatable bonds is 9. The monoisotopic (exact) mass is 614 g/mol. The van der Waals surface area contributed by atoms with Crippen molar-refractivity contribution in [3.8, 4) is 22.6 Å². The van der Waals surface area contributed by atoms with E-state index in [9.17, 15) is 14.7 Å². The van der Waals surface area contributed by atoms with Crippen molar-refractivity contribution < 1.29 is 19.4 Å². The molecular formula is C40H42N2O4. The van der Waals surface area contributed by atoms with Gasteiger partial charge in [0.15, 0.2) is 0 Å². The van der Waals surface area contributed by atoms with E-state index in [1.54, 1.807) is 17.2 Å². The van der Waals surface area contributed by atoms with Gasteiger partial charge >= 0.3 is 5.97 Å². The van der Waals surface area contributed by atoms with Crippen LogP contribution in [0.4, 0.5) is 0 Å². The molecule has 5 aromatic rings. The van der Waals surface area contributed by atoms with E-state index in [0.29, 0.717) is 12.3 Å². The molecule has 0 fully saturated rings. The average Bonchev–Trinajstić information content (AvgIpc) is 3.02. The molecule has 4 aromatic carbocycles. The third-order valence-corrected chi connectivity index (χ3v) is 7.92. The summed E-state index contributed by atoms with van der Waals surface area (Å²) in [6.07, 6.45) is 1.45. The van der Waals surface area contributed by atoms with Crippen molar-refractivity contribution in [3.63, 3.8) is 0 Å². The minimum Gasteiger partial charge on any atom is -0.481 e. The van der Waals surface area contributed by atoms with Crippen molar-refractivity contribution >= 4 is 22.6 Å². The minimum absolute atomic E-state index is 0.0609. The Kier molecular flexibility index (Phi) is 9.29. The summed E-state index contributed by atoms with van der Waals surface area (Å²) in [4.78, 5) is 32.6. The normalized spacial score (nSPS) is 12.5. The fourth-order valence-corrected chi connectivity index (χ4v) is 5.54. The molecule has 0 aliphatic heterocycles. The molecule has 0 saturated heterocycles. The molecule has 1 aromatic heterocycles. The standard InChI is InChI=1S/C40H42N2O4/c1-39(2,3)26-42(36(24-37(43)44)29-14-12-28(13-15-29)27-10-8-7-9-11-27)38(45)35-23-30-16-19-34(22-31(30)25-41-35)46-33-20-17-32(18-21-33)40(4,5)6/h7-23,25,36H,24,26H2,1-6H3,(H,43,44). The summed E-state index contributed by atoms with van der Waals surface area (Å²) in [5.41, 5.74) is 4.12. The first-order valence-corrected chi connectivity index (χ1v) is 15.6. The van der Waals surface area contributed by atoms with Gasteiger partial charge in [0.05, 0.1) is 12.5 Å². The third kappa shape index (κ3) is 7.99. The highest BCUT2D eigenvalue weighted by atomic mass is 16.5. The number of benzene rings is 4. The Morgan fingerprint density at radius 2 is 1.39 bits per heavy atom. The predicted molar refractivity (Wildman–Crippen MR) is 184 cm³/mol. The lowest BCUT2D eigenvalue weighted by atomic mass is 9.87. The van der Waals surface area contributed by atoms with E-state index in [1.807, 2.05) is 106 Å². The highest BCUT2D eigenvalue weighted by Gasteiger charge is 2.32. The summed E-state index contributed by atoms with van der Waals surface area (Å²) in [6.45, 7) is 13.0. The van der Waals surface area contributed by atoms with Crippen LogP contribution < -0.4 is 4.74 Å². The molecule has 0 aliphatic carbocycles. The highest BCUT2D eigenvalue weighted by molar-refractivity contribution is 5.97. The van der Waals surface area contributed by atoms with E-state index in [1.165, 1.54) is 5.56 Å². The van der Waals surface area contributed by atoms with Crippen LogP contribution in [0, 0.1) is 5.41 Å². The first-order chi connectivity index (χ1) is 21.8. The van der Waals surface area contributed by atoms with Crippen LogP contribution in [0.5, 0.6) is 11.5 Å². The lowest BCUT2D eigenvalue weighted by molar-refractivity contribution is -0.138. The number of hydrogen-bond donors (Lipinski definition) is 1. The SMILES string of the molecule is CC(C)(C)CN(C(=O)c1cc2ccc(Oc3ccc(C(C)(C)C)cc3)cc2cn1)C(CC(=O)O)c1ccc(-c2ccccc2)cc1. The molecule has 1 atom stereocenters. The number of hydrogen-bond acceptors (Lipinski definition) is 4. The van der Waals surface area contributed by atoms with Crippen molar-refractivity contribution in [1.29, 1.82) is 0 Å². The van der Waals surface area contributed by atoms with Crippen LogP contribution in [-0.4, -0.2) is 33.4 Å². The number of carbonyl (C=O) groups excluding carboxylic acids is 1. The van der Waals surface area contributed by atoms with Crippen LogP contribution in [0.1, 0.15) is 75.6 Å². The van der Waals surface area contributed by atoms with Crippen molar-refractivity contribution in [1.82, 2.24) is 9.88 Å². The Balaban J connectivity index is 1.43. The predicted octanol–water partition coefficient (Wildman–Crippen LogP) is 9.70. The van der Waals surface area contributed by atoms with Crippen molar-refractivity contribution in [2.24, 2.45) is 5.41 Å². The number of carboxylic acids is 1. The molecule has 1 N–H and O–H groups in total. The second-order valence-corrected chi connectivity index (χ2v) is 14.1. The number of fused-ring (bicyclic) bond motifs is 1. The van der Waals surface area contributed by atoms with Crippen LogP contribution in [-0.2, 0) is 10.2 Å². The minimum atomic E-state index is -0.976. The van der Waals surface area contributed by atoms with Gasteiger partial charge in [-0.2, -0.15) is 0 Å². The zero-order valence-corrected chi connectivity index (χ0v) is 27.5. The molecule has 5 rings (SSSR count). The lowest BCUT2D eigenvalue weighted by Gasteiger charge is -2.36. The summed E-state index contributed by atoms with van der Waals surface area (Å²) >= 11 is 0. The van der Waals surface area contributed by atoms with Crippen LogP contribution in [0.25, 0.3) is 21.9 Å². The number of aromatic nitrogens is 1. The topological polar surface area (TPSA) is 79.7 Å². The molecule has 236 valence electrons. The second-order valence-electron chi connectivity index (χ2n) is 14.1. The fraction of sp³-hybridized carbons (Fsp3) is 0.275. The van der Waals surface area contributed by atoms with E-state index in [-0.39, 0.29) is 28.9 Å². The Bertz CT molecular complexity index is 1820. The number of carbonyl (C=O) groups is 2. The van der Waals surface area contributed by atoms with Gasteiger partial charge in [-0.1, -0.05) is 114 Å². The van der Waals surface area contributed by atoms with Gasteiger partial charge in [0.2, 0.25) is 0 Å². The molecule has 0 spiro atoms. The van der Waals surface area contributed by atoms with Gasteiger partial charge in [-0.05, 0) is 68.8 Å². The maximum Gasteiger partial charge on any atom is 0.305 e. The van der Waals surface area contributed by atoms with Gasteiger partial charge in [0.1, 0.15) is 17.2 Å². The van der Waals surface area contributed by atoms with E-state index in [2.05, 4.69) is 37.9 Å². The van der Waals surface area contributed by atoms with Gasteiger partial charge in [-0.3, -0.25) is 14.6 Å².